The van der Waals surface area contributed by atoms with Crippen molar-refractivity contribution >= 4 is 39.5 Å². The summed E-state index contributed by atoms with van der Waals surface area (Å²) >= 11 is 3.23. The molecule has 1 aliphatic rings. The van der Waals surface area contributed by atoms with Gasteiger partial charge in [0, 0.05) is 11.8 Å². The Bertz CT molecular complexity index is 514. The monoisotopic (exact) mass is 308 g/mol. The zero-order valence-corrected chi connectivity index (χ0v) is 13.7. The van der Waals surface area contributed by atoms with Gasteiger partial charge in [0.2, 0.25) is 5.91 Å². The van der Waals surface area contributed by atoms with Gasteiger partial charge >= 0.3 is 0 Å². The molecule has 1 N–H and O–H groups in total. The number of aliphatic imine (C=N–C) groups is 1. The average molecular weight is 308 g/mol. The first kappa shape index (κ1) is 15.4. The van der Waals surface area contributed by atoms with E-state index < -0.39 is 0 Å². The van der Waals surface area contributed by atoms with Gasteiger partial charge in [-0.05, 0) is 24.5 Å². The van der Waals surface area contributed by atoms with Gasteiger partial charge in [-0.3, -0.25) is 4.79 Å². The molecule has 1 aromatic rings. The third-order valence-electron chi connectivity index (χ3n) is 3.27. The maximum atomic E-state index is 11.8. The summed E-state index contributed by atoms with van der Waals surface area (Å²) in [6.07, 6.45) is 0. The van der Waals surface area contributed by atoms with Crippen LogP contribution in [0.5, 0.6) is 0 Å². The normalized spacial score (nSPS) is 15.5. The van der Waals surface area contributed by atoms with Crippen LogP contribution in [0.1, 0.15) is 26.3 Å². The Balaban J connectivity index is 1.86. The van der Waals surface area contributed by atoms with Gasteiger partial charge in [-0.15, -0.1) is 0 Å². The third kappa shape index (κ3) is 4.28. The number of thioether (sulfide) groups is 2. The van der Waals surface area contributed by atoms with Gasteiger partial charge in [-0.25, -0.2) is 4.99 Å². The number of nitrogens with zero attached hydrogens (tertiary/aromatic N) is 1. The number of para-hydroxylation sites is 1. The lowest BCUT2D eigenvalue weighted by Gasteiger charge is -2.18. The van der Waals surface area contributed by atoms with E-state index in [4.69, 9.17) is 0 Å². The van der Waals surface area contributed by atoms with Crippen LogP contribution in [0.15, 0.2) is 29.3 Å². The van der Waals surface area contributed by atoms with Crippen molar-refractivity contribution in [2.24, 2.45) is 10.9 Å². The largest absolute Gasteiger partial charge is 0.353 e. The van der Waals surface area contributed by atoms with Crippen LogP contribution in [0.3, 0.4) is 0 Å². The number of rotatable bonds is 4. The summed E-state index contributed by atoms with van der Waals surface area (Å²) in [5.74, 6) is 1.91. The van der Waals surface area contributed by atoms with Gasteiger partial charge in [0.25, 0.3) is 0 Å². The van der Waals surface area contributed by atoms with E-state index in [-0.39, 0.29) is 11.9 Å². The molecule has 1 amide bonds. The fourth-order valence-electron chi connectivity index (χ4n) is 1.68. The highest BCUT2D eigenvalue weighted by Gasteiger charge is 2.15. The Morgan fingerprint density at radius 3 is 2.90 bits per heavy atom. The number of hydrogen-bond donors (Lipinski definition) is 1. The molecule has 2 rings (SSSR count). The average Bonchev–Trinajstić information content (AvgIpc) is 2.44. The molecule has 1 heterocycles. The molecule has 5 heteroatoms. The molecule has 0 aliphatic carbocycles. The van der Waals surface area contributed by atoms with Gasteiger partial charge in [-0.2, -0.15) is 0 Å². The maximum absolute atomic E-state index is 11.8. The van der Waals surface area contributed by atoms with Crippen molar-refractivity contribution in [3.05, 3.63) is 29.8 Å². The smallest absolute Gasteiger partial charge is 0.230 e. The van der Waals surface area contributed by atoms with E-state index in [0.29, 0.717) is 11.7 Å². The fourth-order valence-corrected chi connectivity index (χ4v) is 3.55. The molecule has 0 unspecified atom stereocenters. The van der Waals surface area contributed by atoms with Crippen LogP contribution < -0.4 is 5.32 Å². The summed E-state index contributed by atoms with van der Waals surface area (Å²) < 4.78 is 0.982. The van der Waals surface area contributed by atoms with Crippen LogP contribution in [0.25, 0.3) is 0 Å². The number of benzene rings is 1. The van der Waals surface area contributed by atoms with E-state index in [0.717, 1.165) is 15.8 Å². The Morgan fingerprint density at radius 2 is 2.15 bits per heavy atom. The molecular formula is C15H20N2OS2. The van der Waals surface area contributed by atoms with Crippen LogP contribution in [-0.2, 0) is 10.5 Å². The fraction of sp³-hybridized carbons (Fsp3) is 0.467. The Morgan fingerprint density at radius 1 is 1.40 bits per heavy atom. The van der Waals surface area contributed by atoms with Crippen molar-refractivity contribution in [1.29, 1.82) is 0 Å². The predicted molar refractivity (Wildman–Crippen MR) is 89.7 cm³/mol. The van der Waals surface area contributed by atoms with Crippen LogP contribution in [0, 0.1) is 5.92 Å². The summed E-state index contributed by atoms with van der Waals surface area (Å²) in [5.41, 5.74) is 2.30. The molecule has 1 aliphatic heterocycles. The third-order valence-corrected chi connectivity index (χ3v) is 5.52. The van der Waals surface area contributed by atoms with Crippen LogP contribution >= 0.6 is 23.5 Å². The van der Waals surface area contributed by atoms with Gasteiger partial charge in [0.15, 0.2) is 0 Å². The number of hydrogen-bond acceptors (Lipinski definition) is 4. The zero-order chi connectivity index (χ0) is 14.5. The number of carbonyl (C=O) groups excluding carboxylic acids is 1. The SMILES string of the molecule is CC(C)[C@@H](C)NC(=O)CSC1=Nc2ccccc2CS1. The Hall–Kier alpha value is -0.940. The van der Waals surface area contributed by atoms with E-state index in [9.17, 15) is 4.79 Å². The van der Waals surface area contributed by atoms with Crippen LogP contribution in [0.2, 0.25) is 0 Å². The first-order chi connectivity index (χ1) is 9.56. The minimum Gasteiger partial charge on any atom is -0.353 e. The highest BCUT2D eigenvalue weighted by molar-refractivity contribution is 8.38. The molecule has 20 heavy (non-hydrogen) atoms. The summed E-state index contributed by atoms with van der Waals surface area (Å²) in [7, 11) is 0. The van der Waals surface area contributed by atoms with E-state index in [1.165, 1.54) is 17.3 Å². The quantitative estimate of drug-likeness (QED) is 0.919. The Kier molecular flexibility index (Phi) is 5.54. The summed E-state index contributed by atoms with van der Waals surface area (Å²) in [6, 6.07) is 8.37. The molecule has 0 aromatic heterocycles. The van der Waals surface area contributed by atoms with Gasteiger partial charge < -0.3 is 5.32 Å². The van der Waals surface area contributed by atoms with Crippen molar-refractivity contribution in [3.63, 3.8) is 0 Å². The van der Waals surface area contributed by atoms with Gasteiger partial charge in [-0.1, -0.05) is 55.6 Å². The zero-order valence-electron chi connectivity index (χ0n) is 12.1. The van der Waals surface area contributed by atoms with E-state index in [2.05, 4.69) is 30.2 Å². The molecular weight excluding hydrogens is 288 g/mol. The van der Waals surface area contributed by atoms with Crippen molar-refractivity contribution in [2.45, 2.75) is 32.6 Å². The van der Waals surface area contributed by atoms with E-state index in [1.54, 1.807) is 11.8 Å². The minimum absolute atomic E-state index is 0.0818. The van der Waals surface area contributed by atoms with E-state index in [1.807, 2.05) is 25.1 Å². The minimum atomic E-state index is 0.0818. The highest BCUT2D eigenvalue weighted by atomic mass is 32.2. The molecule has 108 valence electrons. The Labute approximate surface area is 129 Å². The van der Waals surface area contributed by atoms with Crippen molar-refractivity contribution in [1.82, 2.24) is 5.32 Å². The molecule has 0 bridgehead atoms. The number of amides is 1. The number of carbonyl (C=O) groups is 1. The highest BCUT2D eigenvalue weighted by Crippen LogP contribution is 2.34. The number of fused-ring (bicyclic) bond motifs is 1. The second kappa shape index (κ2) is 7.18. The molecule has 1 aromatic carbocycles. The second-order valence-corrected chi connectivity index (χ2v) is 7.37. The molecule has 3 nitrogen and oxygen atoms in total. The predicted octanol–water partition coefficient (Wildman–Crippen LogP) is 3.81. The standard InChI is InChI=1S/C15H20N2OS2/c1-10(2)11(3)16-14(18)9-20-15-17-13-7-5-4-6-12(13)8-19-15/h4-7,10-11H,8-9H2,1-3H3,(H,16,18)/t11-/m1/s1. The molecule has 0 saturated heterocycles. The van der Waals surface area contributed by atoms with Crippen molar-refractivity contribution < 1.29 is 4.79 Å². The summed E-state index contributed by atoms with van der Waals surface area (Å²) in [6.45, 7) is 6.25. The maximum Gasteiger partial charge on any atom is 0.230 e. The van der Waals surface area contributed by atoms with Crippen molar-refractivity contribution in [3.8, 4) is 0 Å². The summed E-state index contributed by atoms with van der Waals surface area (Å²) in [5, 5.41) is 3.01. The van der Waals surface area contributed by atoms with Gasteiger partial charge in [0.1, 0.15) is 4.38 Å². The molecule has 0 saturated carbocycles. The first-order valence-electron chi connectivity index (χ1n) is 6.78. The second-order valence-electron chi connectivity index (χ2n) is 5.18. The number of nitrogens with one attached hydrogen (secondary N) is 1. The lowest BCUT2D eigenvalue weighted by Crippen LogP contribution is -2.37. The molecule has 0 radical (unpaired) electrons. The van der Waals surface area contributed by atoms with Crippen LogP contribution in [0.4, 0.5) is 5.69 Å². The first-order valence-corrected chi connectivity index (χ1v) is 8.75. The van der Waals surface area contributed by atoms with Crippen LogP contribution in [-0.4, -0.2) is 22.1 Å². The molecule has 1 atom stereocenters. The van der Waals surface area contributed by atoms with Crippen molar-refractivity contribution in [2.75, 3.05) is 5.75 Å². The van der Waals surface area contributed by atoms with Gasteiger partial charge in [0.05, 0.1) is 11.4 Å². The molecule has 0 fully saturated rings. The van der Waals surface area contributed by atoms with E-state index >= 15 is 0 Å². The topological polar surface area (TPSA) is 41.5 Å². The molecule has 0 spiro atoms. The lowest BCUT2D eigenvalue weighted by atomic mass is 10.1. The lowest BCUT2D eigenvalue weighted by molar-refractivity contribution is -0.119. The summed E-state index contributed by atoms with van der Waals surface area (Å²) in [4.78, 5) is 16.4.